The molecule has 4 rings (SSSR count). The Morgan fingerprint density at radius 3 is 2.79 bits per heavy atom. The summed E-state index contributed by atoms with van der Waals surface area (Å²) in [5.74, 6) is 1.14. The standard InChI is InChI=1S/C19H23N5O3S/c1-11-21-19-24(22-11)18(26)16(28-19)15(13-4-3-5-14(10-13)27-2)23-8-6-12(7-9-23)17(20)25/h3-5,10,12,15,26H,6-9H2,1-2H3,(H2,20,25)/t15-/m1/s1. The molecule has 28 heavy (non-hydrogen) atoms. The van der Waals surface area contributed by atoms with E-state index in [9.17, 15) is 9.90 Å². The molecule has 1 amide bonds. The van der Waals surface area contributed by atoms with Gasteiger partial charge in [-0.1, -0.05) is 23.5 Å². The minimum atomic E-state index is -0.241. The van der Waals surface area contributed by atoms with Crippen LogP contribution in [0.15, 0.2) is 24.3 Å². The lowest BCUT2D eigenvalue weighted by atomic mass is 9.93. The maximum absolute atomic E-state index is 11.6. The van der Waals surface area contributed by atoms with Gasteiger partial charge in [-0.2, -0.15) is 4.52 Å². The van der Waals surface area contributed by atoms with Gasteiger partial charge >= 0.3 is 0 Å². The second-order valence-corrected chi connectivity index (χ2v) is 8.04. The first-order chi connectivity index (χ1) is 13.5. The lowest BCUT2D eigenvalue weighted by Gasteiger charge is -2.36. The topological polar surface area (TPSA) is 106 Å². The molecule has 1 aliphatic heterocycles. The zero-order valence-corrected chi connectivity index (χ0v) is 16.6. The molecule has 3 heterocycles. The van der Waals surface area contributed by atoms with Crippen molar-refractivity contribution in [2.24, 2.45) is 11.7 Å². The fourth-order valence-corrected chi connectivity index (χ4v) is 4.97. The Labute approximate surface area is 166 Å². The monoisotopic (exact) mass is 401 g/mol. The molecule has 1 aliphatic rings. The Bertz CT molecular complexity index is 1010. The summed E-state index contributed by atoms with van der Waals surface area (Å²) >= 11 is 1.43. The highest BCUT2D eigenvalue weighted by atomic mass is 32.1. The van der Waals surface area contributed by atoms with Gasteiger partial charge in [0.1, 0.15) is 11.6 Å². The number of methoxy groups -OCH3 is 1. The summed E-state index contributed by atoms with van der Waals surface area (Å²) in [5, 5.41) is 15.2. The Morgan fingerprint density at radius 1 is 1.39 bits per heavy atom. The van der Waals surface area contributed by atoms with Crippen molar-refractivity contribution in [1.82, 2.24) is 19.5 Å². The van der Waals surface area contributed by atoms with Crippen molar-refractivity contribution in [3.8, 4) is 11.6 Å². The first-order valence-corrected chi connectivity index (χ1v) is 10.0. The van der Waals surface area contributed by atoms with Gasteiger partial charge in [0.25, 0.3) is 0 Å². The molecule has 0 spiro atoms. The minimum Gasteiger partial charge on any atom is -0.497 e. The lowest BCUT2D eigenvalue weighted by molar-refractivity contribution is -0.123. The maximum atomic E-state index is 11.6. The molecular weight excluding hydrogens is 378 g/mol. The first-order valence-electron chi connectivity index (χ1n) is 9.20. The summed E-state index contributed by atoms with van der Waals surface area (Å²) < 4.78 is 6.88. The summed E-state index contributed by atoms with van der Waals surface area (Å²) in [6.07, 6.45) is 1.41. The van der Waals surface area contributed by atoms with Crippen molar-refractivity contribution in [2.75, 3.05) is 20.2 Å². The number of rotatable bonds is 5. The van der Waals surface area contributed by atoms with Crippen LogP contribution in [0.3, 0.4) is 0 Å². The predicted octanol–water partition coefficient (Wildman–Crippen LogP) is 2.10. The molecule has 1 fully saturated rings. The van der Waals surface area contributed by atoms with Gasteiger partial charge in [0.05, 0.1) is 18.0 Å². The summed E-state index contributed by atoms with van der Waals surface area (Å²) in [5.41, 5.74) is 6.50. The Kier molecular flexibility index (Phi) is 4.94. The van der Waals surface area contributed by atoms with Crippen molar-refractivity contribution < 1.29 is 14.6 Å². The van der Waals surface area contributed by atoms with E-state index in [1.165, 1.54) is 15.9 Å². The number of thiazole rings is 1. The van der Waals surface area contributed by atoms with E-state index in [0.29, 0.717) is 36.7 Å². The molecule has 0 bridgehead atoms. The van der Waals surface area contributed by atoms with Gasteiger partial charge < -0.3 is 15.6 Å². The van der Waals surface area contributed by atoms with E-state index in [0.717, 1.165) is 16.2 Å². The molecule has 3 aromatic rings. The quantitative estimate of drug-likeness (QED) is 0.678. The van der Waals surface area contributed by atoms with Gasteiger partial charge in [-0.25, -0.2) is 4.98 Å². The molecule has 0 aliphatic carbocycles. The fourth-order valence-electron chi connectivity index (χ4n) is 3.81. The smallest absolute Gasteiger partial charge is 0.230 e. The molecule has 1 aromatic carbocycles. The predicted molar refractivity (Wildman–Crippen MR) is 106 cm³/mol. The largest absolute Gasteiger partial charge is 0.497 e. The average Bonchev–Trinajstić information content (AvgIpc) is 3.20. The Morgan fingerprint density at radius 2 is 2.14 bits per heavy atom. The Hall–Kier alpha value is -2.65. The second kappa shape index (κ2) is 7.40. The van der Waals surface area contributed by atoms with E-state index in [4.69, 9.17) is 10.5 Å². The van der Waals surface area contributed by atoms with Crippen molar-refractivity contribution in [1.29, 1.82) is 0 Å². The van der Waals surface area contributed by atoms with Gasteiger partial charge in [-0.3, -0.25) is 9.69 Å². The molecule has 0 unspecified atom stereocenters. The third-order valence-electron chi connectivity index (χ3n) is 5.26. The van der Waals surface area contributed by atoms with Gasteiger partial charge in [0.15, 0.2) is 0 Å². The number of carbonyl (C=O) groups excluding carboxylic acids is 1. The second-order valence-electron chi connectivity index (χ2n) is 7.04. The maximum Gasteiger partial charge on any atom is 0.230 e. The zero-order chi connectivity index (χ0) is 19.8. The number of hydrogen-bond donors (Lipinski definition) is 2. The average molecular weight is 401 g/mol. The van der Waals surface area contributed by atoms with E-state index in [1.807, 2.05) is 24.3 Å². The van der Waals surface area contributed by atoms with Crippen LogP contribution in [0.2, 0.25) is 0 Å². The van der Waals surface area contributed by atoms with Crippen LogP contribution >= 0.6 is 11.3 Å². The number of hydrogen-bond acceptors (Lipinski definition) is 7. The minimum absolute atomic E-state index is 0.0965. The highest BCUT2D eigenvalue weighted by molar-refractivity contribution is 7.17. The number of likely N-dealkylation sites (tertiary alicyclic amines) is 1. The van der Waals surface area contributed by atoms with Crippen molar-refractivity contribution in [3.05, 3.63) is 40.5 Å². The van der Waals surface area contributed by atoms with E-state index in [2.05, 4.69) is 15.0 Å². The number of carbonyl (C=O) groups is 1. The molecule has 9 heteroatoms. The summed E-state index contributed by atoms with van der Waals surface area (Å²) in [4.78, 5) is 19.6. The van der Waals surface area contributed by atoms with Crippen molar-refractivity contribution in [3.63, 3.8) is 0 Å². The fraction of sp³-hybridized carbons (Fsp3) is 0.421. The molecule has 8 nitrogen and oxygen atoms in total. The van der Waals surface area contributed by atoms with Gasteiger partial charge in [0, 0.05) is 5.92 Å². The number of fused-ring (bicyclic) bond motifs is 1. The number of piperidine rings is 1. The van der Waals surface area contributed by atoms with Crippen LogP contribution in [0.5, 0.6) is 11.6 Å². The van der Waals surface area contributed by atoms with Crippen LogP contribution in [0.1, 0.15) is 35.1 Å². The number of amides is 1. The van der Waals surface area contributed by atoms with Crippen LogP contribution in [0.4, 0.5) is 0 Å². The molecule has 1 saturated heterocycles. The summed E-state index contributed by atoms with van der Waals surface area (Å²) in [6.45, 7) is 3.22. The lowest BCUT2D eigenvalue weighted by Crippen LogP contribution is -2.40. The van der Waals surface area contributed by atoms with Crippen LogP contribution < -0.4 is 10.5 Å². The number of benzene rings is 1. The normalized spacial score (nSPS) is 17.1. The third kappa shape index (κ3) is 3.31. The number of primary amides is 1. The first kappa shape index (κ1) is 18.7. The molecule has 2 aromatic heterocycles. The van der Waals surface area contributed by atoms with Gasteiger partial charge in [0.2, 0.25) is 16.7 Å². The zero-order valence-electron chi connectivity index (χ0n) is 15.8. The summed E-state index contributed by atoms with van der Waals surface area (Å²) in [6, 6.07) is 7.65. The number of nitrogens with zero attached hydrogens (tertiary/aromatic N) is 4. The van der Waals surface area contributed by atoms with E-state index >= 15 is 0 Å². The molecule has 1 atom stereocenters. The molecule has 0 radical (unpaired) electrons. The molecular formula is C19H23N5O3S. The third-order valence-corrected chi connectivity index (χ3v) is 6.33. The van der Waals surface area contributed by atoms with Crippen molar-refractivity contribution >= 4 is 22.2 Å². The summed E-state index contributed by atoms with van der Waals surface area (Å²) in [7, 11) is 1.63. The highest BCUT2D eigenvalue weighted by Gasteiger charge is 2.33. The number of nitrogens with two attached hydrogens (primary N) is 1. The molecule has 148 valence electrons. The van der Waals surface area contributed by atoms with Crippen molar-refractivity contribution in [2.45, 2.75) is 25.8 Å². The number of aromatic hydroxyl groups is 1. The molecule has 3 N–H and O–H groups in total. The van der Waals surface area contributed by atoms with E-state index in [1.54, 1.807) is 14.0 Å². The van der Waals surface area contributed by atoms with E-state index < -0.39 is 0 Å². The van der Waals surface area contributed by atoms with Crippen LogP contribution in [-0.4, -0.2) is 50.7 Å². The van der Waals surface area contributed by atoms with E-state index in [-0.39, 0.29) is 23.7 Å². The van der Waals surface area contributed by atoms with Gasteiger partial charge in [-0.05, 0) is 50.6 Å². The number of aromatic nitrogens is 3. The Balaban J connectivity index is 1.75. The SMILES string of the molecule is COc1cccc([C@H](c2sc3nc(C)nn3c2O)N2CCC(C(N)=O)CC2)c1. The highest BCUT2D eigenvalue weighted by Crippen LogP contribution is 2.41. The number of aryl methyl sites for hydroxylation is 1. The van der Waals surface area contributed by atoms with Gasteiger partial charge in [-0.15, -0.1) is 5.10 Å². The number of ether oxygens (including phenoxy) is 1. The molecule has 0 saturated carbocycles. The van der Waals surface area contributed by atoms with Crippen LogP contribution in [0.25, 0.3) is 4.96 Å². The van der Waals surface area contributed by atoms with Crippen LogP contribution in [-0.2, 0) is 4.79 Å². The van der Waals surface area contributed by atoms with Crippen LogP contribution in [0, 0.1) is 12.8 Å².